The Morgan fingerprint density at radius 3 is 2.70 bits per heavy atom. The van der Waals surface area contributed by atoms with Crippen molar-refractivity contribution < 1.29 is 19.1 Å². The Kier molecular flexibility index (Phi) is 4.22. The van der Waals surface area contributed by atoms with Gasteiger partial charge in [0.05, 0.1) is 11.6 Å². The molecule has 6 heteroatoms. The van der Waals surface area contributed by atoms with E-state index in [9.17, 15) is 14.0 Å². The molecular weight excluding hydrogens is 263 g/mol. The van der Waals surface area contributed by atoms with Crippen LogP contribution in [0.4, 0.5) is 14.9 Å². The maximum Gasteiger partial charge on any atom is 0.319 e. The number of halogens is 1. The first kappa shape index (κ1) is 14.3. The first-order chi connectivity index (χ1) is 9.47. The van der Waals surface area contributed by atoms with Gasteiger partial charge in [0.2, 0.25) is 0 Å². The number of carboxylic acid groups (broad SMARTS) is 1. The average Bonchev–Trinajstić information content (AvgIpc) is 2.82. The number of carboxylic acids is 1. The lowest BCUT2D eigenvalue weighted by molar-refractivity contribution is -0.141. The number of rotatable bonds is 3. The van der Waals surface area contributed by atoms with Gasteiger partial charge in [0.15, 0.2) is 0 Å². The molecule has 1 fully saturated rings. The van der Waals surface area contributed by atoms with E-state index in [0.29, 0.717) is 24.8 Å². The molecule has 0 radical (unpaired) electrons. The highest BCUT2D eigenvalue weighted by atomic mass is 19.1. The van der Waals surface area contributed by atoms with Gasteiger partial charge in [-0.15, -0.1) is 0 Å². The number of hydrogen-bond donors (Lipinski definition) is 3. The number of para-hydroxylation sites is 1. The summed E-state index contributed by atoms with van der Waals surface area (Å²) in [5.74, 6) is -1.73. The van der Waals surface area contributed by atoms with Crippen molar-refractivity contribution in [2.75, 3.05) is 5.32 Å². The number of hydrogen-bond acceptors (Lipinski definition) is 2. The maximum atomic E-state index is 13.6. The molecule has 2 unspecified atom stereocenters. The van der Waals surface area contributed by atoms with Gasteiger partial charge in [-0.25, -0.2) is 9.18 Å². The Labute approximate surface area is 116 Å². The minimum atomic E-state index is -0.834. The molecule has 1 saturated carbocycles. The van der Waals surface area contributed by atoms with Crippen LogP contribution in [0.15, 0.2) is 18.2 Å². The van der Waals surface area contributed by atoms with Gasteiger partial charge in [-0.1, -0.05) is 12.1 Å². The number of carbonyl (C=O) groups excluding carboxylic acids is 1. The molecule has 0 aliphatic heterocycles. The Morgan fingerprint density at radius 2 is 2.10 bits per heavy atom. The number of carbonyl (C=O) groups is 2. The van der Waals surface area contributed by atoms with Crippen LogP contribution in [0.1, 0.15) is 24.8 Å². The van der Waals surface area contributed by atoms with E-state index in [1.807, 2.05) is 0 Å². The topological polar surface area (TPSA) is 78.4 Å². The molecule has 20 heavy (non-hydrogen) atoms. The molecule has 0 heterocycles. The highest BCUT2D eigenvalue weighted by Gasteiger charge is 2.30. The van der Waals surface area contributed by atoms with Crippen LogP contribution in [0.25, 0.3) is 0 Å². The van der Waals surface area contributed by atoms with E-state index < -0.39 is 23.7 Å². The molecule has 2 amide bonds. The summed E-state index contributed by atoms with van der Waals surface area (Å²) in [5.41, 5.74) is 0.785. The molecule has 108 valence electrons. The molecule has 1 aromatic carbocycles. The van der Waals surface area contributed by atoms with E-state index in [1.165, 1.54) is 6.07 Å². The summed E-state index contributed by atoms with van der Waals surface area (Å²) < 4.78 is 13.6. The van der Waals surface area contributed by atoms with Crippen LogP contribution < -0.4 is 10.6 Å². The third-order valence-electron chi connectivity index (χ3n) is 3.58. The second-order valence-corrected chi connectivity index (χ2v) is 5.08. The SMILES string of the molecule is Cc1cccc(F)c1NC(=O)NC1CCC(C(=O)O)C1. The summed E-state index contributed by atoms with van der Waals surface area (Å²) in [6, 6.07) is 3.87. The fourth-order valence-electron chi connectivity index (χ4n) is 2.46. The van der Waals surface area contributed by atoms with Crippen LogP contribution in [0, 0.1) is 18.7 Å². The van der Waals surface area contributed by atoms with Crippen molar-refractivity contribution in [1.29, 1.82) is 0 Å². The van der Waals surface area contributed by atoms with Crippen molar-refractivity contribution in [3.63, 3.8) is 0 Å². The van der Waals surface area contributed by atoms with Crippen molar-refractivity contribution in [1.82, 2.24) is 5.32 Å². The zero-order valence-electron chi connectivity index (χ0n) is 11.1. The van der Waals surface area contributed by atoms with Crippen LogP contribution in [0.5, 0.6) is 0 Å². The highest BCUT2D eigenvalue weighted by Crippen LogP contribution is 2.26. The van der Waals surface area contributed by atoms with Gasteiger partial charge in [0, 0.05) is 6.04 Å². The molecule has 1 aliphatic carbocycles. The summed E-state index contributed by atoms with van der Waals surface area (Å²) in [6.45, 7) is 1.70. The van der Waals surface area contributed by atoms with Gasteiger partial charge in [0.25, 0.3) is 0 Å². The number of nitrogens with one attached hydrogen (secondary N) is 2. The summed E-state index contributed by atoms with van der Waals surface area (Å²) in [5, 5.41) is 14.1. The molecule has 2 atom stereocenters. The second-order valence-electron chi connectivity index (χ2n) is 5.08. The van der Waals surface area contributed by atoms with Gasteiger partial charge < -0.3 is 15.7 Å². The van der Waals surface area contributed by atoms with E-state index in [4.69, 9.17) is 5.11 Å². The Hall–Kier alpha value is -2.11. The summed E-state index contributed by atoms with van der Waals surface area (Å²) in [4.78, 5) is 22.6. The van der Waals surface area contributed by atoms with Crippen molar-refractivity contribution >= 4 is 17.7 Å². The first-order valence-corrected chi connectivity index (χ1v) is 6.53. The third kappa shape index (κ3) is 3.26. The molecule has 3 N–H and O–H groups in total. The highest BCUT2D eigenvalue weighted by molar-refractivity contribution is 5.90. The van der Waals surface area contributed by atoms with Crippen LogP contribution in [0.3, 0.4) is 0 Å². The predicted octanol–water partition coefficient (Wildman–Crippen LogP) is 2.51. The van der Waals surface area contributed by atoms with Crippen molar-refractivity contribution in [2.24, 2.45) is 5.92 Å². The summed E-state index contributed by atoms with van der Waals surface area (Å²) in [6.07, 6.45) is 1.60. The minimum absolute atomic E-state index is 0.151. The van der Waals surface area contributed by atoms with Crippen LogP contribution >= 0.6 is 0 Å². The van der Waals surface area contributed by atoms with Crippen molar-refractivity contribution in [2.45, 2.75) is 32.2 Å². The molecule has 0 aromatic heterocycles. The van der Waals surface area contributed by atoms with Crippen molar-refractivity contribution in [3.8, 4) is 0 Å². The first-order valence-electron chi connectivity index (χ1n) is 6.53. The largest absolute Gasteiger partial charge is 0.481 e. The monoisotopic (exact) mass is 280 g/mol. The lowest BCUT2D eigenvalue weighted by Crippen LogP contribution is -2.37. The minimum Gasteiger partial charge on any atom is -0.481 e. The molecule has 0 bridgehead atoms. The number of aliphatic carboxylic acids is 1. The van der Waals surface area contributed by atoms with E-state index in [1.54, 1.807) is 19.1 Å². The van der Waals surface area contributed by atoms with Gasteiger partial charge in [-0.3, -0.25) is 4.79 Å². The summed E-state index contributed by atoms with van der Waals surface area (Å²) >= 11 is 0. The van der Waals surface area contributed by atoms with E-state index in [-0.39, 0.29) is 11.7 Å². The molecule has 5 nitrogen and oxygen atoms in total. The van der Waals surface area contributed by atoms with E-state index >= 15 is 0 Å². The molecule has 2 rings (SSSR count). The quantitative estimate of drug-likeness (QED) is 0.796. The lowest BCUT2D eigenvalue weighted by Gasteiger charge is -2.15. The number of aryl methyl sites for hydroxylation is 1. The fourth-order valence-corrected chi connectivity index (χ4v) is 2.46. The summed E-state index contributed by atoms with van der Waals surface area (Å²) in [7, 11) is 0. The third-order valence-corrected chi connectivity index (χ3v) is 3.58. The van der Waals surface area contributed by atoms with Gasteiger partial charge in [-0.05, 0) is 37.8 Å². The predicted molar refractivity (Wildman–Crippen MR) is 72.1 cm³/mol. The van der Waals surface area contributed by atoms with E-state index in [2.05, 4.69) is 10.6 Å². The van der Waals surface area contributed by atoms with Gasteiger partial charge in [0.1, 0.15) is 5.82 Å². The Morgan fingerprint density at radius 1 is 1.35 bits per heavy atom. The second kappa shape index (κ2) is 5.90. The lowest BCUT2D eigenvalue weighted by atomic mass is 10.1. The molecular formula is C14H17FN2O3. The smallest absolute Gasteiger partial charge is 0.319 e. The molecule has 1 aromatic rings. The maximum absolute atomic E-state index is 13.6. The van der Waals surface area contributed by atoms with Crippen LogP contribution in [-0.4, -0.2) is 23.1 Å². The Balaban J connectivity index is 1.92. The zero-order valence-corrected chi connectivity index (χ0v) is 11.1. The molecule has 0 spiro atoms. The van der Waals surface area contributed by atoms with E-state index in [0.717, 1.165) is 0 Å². The van der Waals surface area contributed by atoms with Gasteiger partial charge in [-0.2, -0.15) is 0 Å². The van der Waals surface area contributed by atoms with Crippen LogP contribution in [0.2, 0.25) is 0 Å². The van der Waals surface area contributed by atoms with Crippen LogP contribution in [-0.2, 0) is 4.79 Å². The number of urea groups is 1. The van der Waals surface area contributed by atoms with Gasteiger partial charge >= 0.3 is 12.0 Å². The van der Waals surface area contributed by atoms with Crippen molar-refractivity contribution in [3.05, 3.63) is 29.6 Å². The normalized spacial score (nSPS) is 21.5. The molecule has 0 saturated heterocycles. The standard InChI is InChI=1S/C14H17FN2O3/c1-8-3-2-4-11(15)12(8)17-14(20)16-10-6-5-9(7-10)13(18)19/h2-4,9-10H,5-7H2,1H3,(H,18,19)(H2,16,17,20). The zero-order chi connectivity index (χ0) is 14.7. The Bertz CT molecular complexity index is 513. The number of anilines is 1. The fraction of sp³-hybridized carbons (Fsp3) is 0.429. The number of benzene rings is 1. The average molecular weight is 280 g/mol. The number of amides is 2. The molecule has 1 aliphatic rings.